The van der Waals surface area contributed by atoms with Gasteiger partial charge in [-0.25, -0.2) is 0 Å². The fourth-order valence-corrected chi connectivity index (χ4v) is 2.42. The van der Waals surface area contributed by atoms with E-state index >= 15 is 0 Å². The molecule has 3 atom stereocenters. The Morgan fingerprint density at radius 3 is 2.38 bits per heavy atom. The molecule has 16 heavy (non-hydrogen) atoms. The molecule has 3 unspecified atom stereocenters. The highest BCUT2D eigenvalue weighted by molar-refractivity contribution is 5.85. The van der Waals surface area contributed by atoms with E-state index in [9.17, 15) is 9.59 Å². The van der Waals surface area contributed by atoms with E-state index in [2.05, 4.69) is 12.2 Å². The maximum atomic E-state index is 11.8. The highest BCUT2D eigenvalue weighted by Crippen LogP contribution is 2.38. The lowest BCUT2D eigenvalue weighted by Gasteiger charge is -2.14. The Labute approximate surface area is 96.4 Å². The monoisotopic (exact) mass is 227 g/mol. The minimum atomic E-state index is -0.826. The summed E-state index contributed by atoms with van der Waals surface area (Å²) in [5.41, 5.74) is 0. The summed E-state index contributed by atoms with van der Waals surface area (Å²) in [6.45, 7) is 4.67. The van der Waals surface area contributed by atoms with Gasteiger partial charge < -0.3 is 10.4 Å². The van der Waals surface area contributed by atoms with E-state index in [4.69, 9.17) is 5.11 Å². The van der Waals surface area contributed by atoms with Crippen LogP contribution in [0.5, 0.6) is 0 Å². The van der Waals surface area contributed by atoms with Crippen molar-refractivity contribution in [3.63, 3.8) is 0 Å². The van der Waals surface area contributed by atoms with E-state index in [-0.39, 0.29) is 11.8 Å². The van der Waals surface area contributed by atoms with Crippen LogP contribution >= 0.6 is 0 Å². The van der Waals surface area contributed by atoms with E-state index in [0.29, 0.717) is 18.9 Å². The molecule has 0 saturated heterocycles. The lowest BCUT2D eigenvalue weighted by atomic mass is 9.95. The highest BCUT2D eigenvalue weighted by atomic mass is 16.4. The Bertz CT molecular complexity index is 265. The van der Waals surface area contributed by atoms with Gasteiger partial charge >= 0.3 is 5.97 Å². The van der Waals surface area contributed by atoms with Crippen LogP contribution in [-0.2, 0) is 9.59 Å². The maximum absolute atomic E-state index is 11.8. The van der Waals surface area contributed by atoms with Crippen LogP contribution in [0.4, 0.5) is 0 Å². The Balaban J connectivity index is 2.61. The number of nitrogens with one attached hydrogen (secondary N) is 1. The van der Waals surface area contributed by atoms with Gasteiger partial charge in [0.05, 0.1) is 11.8 Å². The van der Waals surface area contributed by atoms with Crippen LogP contribution in [-0.4, -0.2) is 23.5 Å². The maximum Gasteiger partial charge on any atom is 0.307 e. The topological polar surface area (TPSA) is 66.4 Å². The van der Waals surface area contributed by atoms with Crippen molar-refractivity contribution in [3.05, 3.63) is 0 Å². The predicted octanol–water partition coefficient (Wildman–Crippen LogP) is 1.65. The summed E-state index contributed by atoms with van der Waals surface area (Å²) in [5.74, 6) is -1.33. The third kappa shape index (κ3) is 2.97. The van der Waals surface area contributed by atoms with Crippen molar-refractivity contribution in [2.45, 2.75) is 39.5 Å². The van der Waals surface area contributed by atoms with Crippen LogP contribution < -0.4 is 5.32 Å². The van der Waals surface area contributed by atoms with Gasteiger partial charge in [0.2, 0.25) is 5.91 Å². The largest absolute Gasteiger partial charge is 0.481 e. The molecule has 0 heterocycles. The molecule has 92 valence electrons. The van der Waals surface area contributed by atoms with Crippen LogP contribution in [0.15, 0.2) is 0 Å². The first kappa shape index (κ1) is 13.0. The molecule has 0 radical (unpaired) electrons. The Hall–Kier alpha value is -1.06. The number of carboxylic acid groups (broad SMARTS) is 1. The van der Waals surface area contributed by atoms with Crippen LogP contribution in [0, 0.1) is 17.8 Å². The van der Waals surface area contributed by atoms with Crippen molar-refractivity contribution in [2.24, 2.45) is 17.8 Å². The minimum absolute atomic E-state index is 0.0785. The predicted molar refractivity (Wildman–Crippen MR) is 60.9 cm³/mol. The number of hydrogen-bond acceptors (Lipinski definition) is 2. The molecule has 0 aromatic rings. The second-order valence-electron chi connectivity index (χ2n) is 4.59. The molecule has 1 rings (SSSR count). The second-order valence-corrected chi connectivity index (χ2v) is 4.59. The highest BCUT2D eigenvalue weighted by Gasteiger charge is 2.41. The summed E-state index contributed by atoms with van der Waals surface area (Å²) in [5, 5.41) is 11.9. The van der Waals surface area contributed by atoms with Gasteiger partial charge in [0.15, 0.2) is 0 Å². The van der Waals surface area contributed by atoms with Gasteiger partial charge in [-0.2, -0.15) is 0 Å². The van der Waals surface area contributed by atoms with Crippen molar-refractivity contribution in [3.8, 4) is 0 Å². The molecular formula is C12H21NO3. The van der Waals surface area contributed by atoms with Gasteiger partial charge in [0, 0.05) is 6.54 Å². The molecule has 1 amide bonds. The number of carboxylic acids is 1. The van der Waals surface area contributed by atoms with Gasteiger partial charge in [-0.1, -0.05) is 20.3 Å². The molecule has 1 fully saturated rings. The van der Waals surface area contributed by atoms with E-state index in [1.165, 1.54) is 0 Å². The van der Waals surface area contributed by atoms with Crippen molar-refractivity contribution in [2.75, 3.05) is 6.54 Å². The number of carbonyl (C=O) groups is 2. The average Bonchev–Trinajstić information content (AvgIpc) is 2.70. The van der Waals surface area contributed by atoms with Crippen LogP contribution in [0.25, 0.3) is 0 Å². The summed E-state index contributed by atoms with van der Waals surface area (Å²) in [6.07, 6.45) is 3.22. The molecule has 0 aliphatic heterocycles. The third-order valence-corrected chi connectivity index (χ3v) is 3.44. The lowest BCUT2D eigenvalue weighted by molar-refractivity contribution is -0.146. The quantitative estimate of drug-likeness (QED) is 0.750. The number of carbonyl (C=O) groups excluding carboxylic acids is 1. The fourth-order valence-electron chi connectivity index (χ4n) is 2.42. The molecule has 2 N–H and O–H groups in total. The normalized spacial score (nSPS) is 29.0. The van der Waals surface area contributed by atoms with Crippen LogP contribution in [0.3, 0.4) is 0 Å². The number of rotatable bonds is 5. The van der Waals surface area contributed by atoms with Crippen LogP contribution in [0.1, 0.15) is 39.5 Å². The van der Waals surface area contributed by atoms with Gasteiger partial charge in [0.1, 0.15) is 0 Å². The molecule has 1 aliphatic rings. The summed E-state index contributed by atoms with van der Waals surface area (Å²) in [6, 6.07) is 0. The molecular weight excluding hydrogens is 206 g/mol. The SMILES string of the molecule is CCCNC(=O)C1CC(CC)CC1C(=O)O. The molecule has 0 bridgehead atoms. The van der Waals surface area contributed by atoms with Crippen molar-refractivity contribution in [1.29, 1.82) is 0 Å². The third-order valence-electron chi connectivity index (χ3n) is 3.44. The first-order valence-electron chi connectivity index (χ1n) is 6.10. The number of amides is 1. The molecule has 0 aromatic heterocycles. The average molecular weight is 227 g/mol. The van der Waals surface area contributed by atoms with Crippen molar-refractivity contribution in [1.82, 2.24) is 5.32 Å². The zero-order valence-corrected chi connectivity index (χ0v) is 10.0. The standard InChI is InChI=1S/C12H21NO3/c1-3-5-13-11(14)9-6-8(4-2)7-10(9)12(15)16/h8-10H,3-7H2,1-2H3,(H,13,14)(H,15,16). The van der Waals surface area contributed by atoms with Gasteiger partial charge in [-0.05, 0) is 25.2 Å². The van der Waals surface area contributed by atoms with E-state index in [1.807, 2.05) is 6.92 Å². The zero-order chi connectivity index (χ0) is 12.1. The summed E-state index contributed by atoms with van der Waals surface area (Å²) >= 11 is 0. The van der Waals surface area contributed by atoms with E-state index in [1.54, 1.807) is 0 Å². The molecule has 1 aliphatic carbocycles. The number of aliphatic carboxylic acids is 1. The fraction of sp³-hybridized carbons (Fsp3) is 0.833. The summed E-state index contributed by atoms with van der Waals surface area (Å²) in [7, 11) is 0. The molecule has 1 saturated carbocycles. The molecule has 4 nitrogen and oxygen atoms in total. The van der Waals surface area contributed by atoms with Crippen molar-refractivity contribution >= 4 is 11.9 Å². The van der Waals surface area contributed by atoms with E-state index in [0.717, 1.165) is 19.3 Å². The Kier molecular flexibility index (Phi) is 4.77. The first-order valence-corrected chi connectivity index (χ1v) is 6.10. The van der Waals surface area contributed by atoms with E-state index < -0.39 is 11.9 Å². The Morgan fingerprint density at radius 1 is 1.25 bits per heavy atom. The summed E-state index contributed by atoms with van der Waals surface area (Å²) in [4.78, 5) is 22.9. The second kappa shape index (κ2) is 5.87. The zero-order valence-electron chi connectivity index (χ0n) is 10.0. The van der Waals surface area contributed by atoms with Gasteiger partial charge in [-0.15, -0.1) is 0 Å². The molecule has 0 aromatic carbocycles. The van der Waals surface area contributed by atoms with Gasteiger partial charge in [0.25, 0.3) is 0 Å². The number of hydrogen-bond donors (Lipinski definition) is 2. The molecule has 0 spiro atoms. The lowest BCUT2D eigenvalue weighted by Crippen LogP contribution is -2.35. The van der Waals surface area contributed by atoms with Gasteiger partial charge in [-0.3, -0.25) is 9.59 Å². The smallest absolute Gasteiger partial charge is 0.307 e. The first-order chi connectivity index (χ1) is 7.60. The minimum Gasteiger partial charge on any atom is -0.481 e. The van der Waals surface area contributed by atoms with Crippen molar-refractivity contribution < 1.29 is 14.7 Å². The summed E-state index contributed by atoms with van der Waals surface area (Å²) < 4.78 is 0. The van der Waals surface area contributed by atoms with Crippen LogP contribution in [0.2, 0.25) is 0 Å². The molecule has 4 heteroatoms. The Morgan fingerprint density at radius 2 is 1.88 bits per heavy atom.